The molecule has 1 N–H and O–H groups in total. The van der Waals surface area contributed by atoms with E-state index in [1.54, 1.807) is 54.6 Å². The molecule has 0 radical (unpaired) electrons. The van der Waals surface area contributed by atoms with Gasteiger partial charge in [-0.15, -0.1) is 0 Å². The van der Waals surface area contributed by atoms with E-state index in [0.29, 0.717) is 17.1 Å². The molecule has 2 amide bonds. The molecule has 0 saturated heterocycles. The van der Waals surface area contributed by atoms with Gasteiger partial charge in [0.05, 0.1) is 5.69 Å². The molecule has 0 heterocycles. The monoisotopic (exact) mass is 522 g/mol. The lowest BCUT2D eigenvalue weighted by Gasteiger charge is -2.34. The van der Waals surface area contributed by atoms with Crippen LogP contribution in [0.4, 0.5) is 5.69 Å². The second-order valence-electron chi connectivity index (χ2n) is 8.52. The molecule has 0 saturated carbocycles. The largest absolute Gasteiger partial charge is 0.352 e. The van der Waals surface area contributed by atoms with Gasteiger partial charge in [-0.1, -0.05) is 55.8 Å². The highest BCUT2D eigenvalue weighted by molar-refractivity contribution is 7.90. The highest BCUT2D eigenvalue weighted by atomic mass is 35.5. The number of anilines is 1. The van der Waals surface area contributed by atoms with Crippen molar-refractivity contribution in [3.8, 4) is 0 Å². The third-order valence-electron chi connectivity index (χ3n) is 5.72. The third-order valence-corrected chi connectivity index (χ3v) is 7.79. The summed E-state index contributed by atoms with van der Waals surface area (Å²) in [5.41, 5.74) is 1.14. The number of benzene rings is 2. The Balaban J connectivity index is 2.46. The topological polar surface area (TPSA) is 90.0 Å². The van der Waals surface area contributed by atoms with Crippen molar-refractivity contribution in [1.29, 1.82) is 0 Å². The van der Waals surface area contributed by atoms with Gasteiger partial charge in [-0.05, 0) is 49.6 Å². The van der Waals surface area contributed by atoms with E-state index in [4.69, 9.17) is 11.6 Å². The molecule has 0 aromatic heterocycles. The number of carbonyl (C=O) groups excluding carboxylic acids is 2. The summed E-state index contributed by atoms with van der Waals surface area (Å²) in [6, 6.07) is 14.6. The summed E-state index contributed by atoms with van der Waals surface area (Å²) in [6.07, 6.45) is 1.11. The van der Waals surface area contributed by atoms with Crippen LogP contribution in [0.5, 0.6) is 0 Å². The zero-order valence-electron chi connectivity index (χ0n) is 20.9. The summed E-state index contributed by atoms with van der Waals surface area (Å²) < 4.78 is 28.4. The Bertz CT molecular complexity index is 1080. The predicted molar refractivity (Wildman–Crippen MR) is 140 cm³/mol. The van der Waals surface area contributed by atoms with Gasteiger partial charge in [0, 0.05) is 31.7 Å². The average molecular weight is 523 g/mol. The van der Waals surface area contributed by atoms with Gasteiger partial charge in [0.25, 0.3) is 0 Å². The predicted octanol–water partition coefficient (Wildman–Crippen LogP) is 3.67. The molecular weight excluding hydrogens is 488 g/mol. The smallest absolute Gasteiger partial charge is 0.304 e. The van der Waals surface area contributed by atoms with Gasteiger partial charge in [-0.3, -0.25) is 9.59 Å². The maximum Gasteiger partial charge on any atom is 0.304 e. The van der Waals surface area contributed by atoms with E-state index in [9.17, 15) is 18.0 Å². The van der Waals surface area contributed by atoms with Crippen molar-refractivity contribution in [3.05, 3.63) is 65.2 Å². The maximum atomic E-state index is 13.7. The minimum atomic E-state index is -3.97. The van der Waals surface area contributed by atoms with Gasteiger partial charge in [-0.25, -0.2) is 4.31 Å². The summed E-state index contributed by atoms with van der Waals surface area (Å²) in [4.78, 5) is 28.3. The molecule has 2 rings (SSSR count). The molecule has 0 unspecified atom stereocenters. The molecule has 2 atom stereocenters. The zero-order valence-corrected chi connectivity index (χ0v) is 22.5. The number of rotatable bonds is 12. The first kappa shape index (κ1) is 28.6. The van der Waals surface area contributed by atoms with Gasteiger partial charge in [-0.2, -0.15) is 12.7 Å². The van der Waals surface area contributed by atoms with Crippen LogP contribution in [0.3, 0.4) is 0 Å². The number of halogens is 1. The summed E-state index contributed by atoms with van der Waals surface area (Å²) in [5, 5.41) is 3.51. The zero-order chi connectivity index (χ0) is 26.2. The van der Waals surface area contributed by atoms with Crippen molar-refractivity contribution in [2.24, 2.45) is 0 Å². The molecule has 0 aliphatic carbocycles. The van der Waals surface area contributed by atoms with Crippen LogP contribution in [0.15, 0.2) is 54.6 Å². The number of para-hydroxylation sites is 1. The molecule has 0 spiro atoms. The van der Waals surface area contributed by atoms with E-state index in [1.807, 2.05) is 20.8 Å². The Morgan fingerprint density at radius 1 is 0.971 bits per heavy atom. The highest BCUT2D eigenvalue weighted by Crippen LogP contribution is 2.21. The summed E-state index contributed by atoms with van der Waals surface area (Å²) in [7, 11) is -1.15. The number of amides is 2. The molecule has 0 fully saturated rings. The fourth-order valence-electron chi connectivity index (χ4n) is 3.46. The number of hydrogen-bond donors (Lipinski definition) is 1. The Morgan fingerprint density at radius 3 is 2.09 bits per heavy atom. The molecular formula is C25H35ClN4O4S. The van der Waals surface area contributed by atoms with Crippen molar-refractivity contribution in [2.45, 2.75) is 52.2 Å². The second kappa shape index (κ2) is 12.9. The van der Waals surface area contributed by atoms with Crippen molar-refractivity contribution in [1.82, 2.24) is 14.5 Å². The van der Waals surface area contributed by atoms with Crippen LogP contribution in [0.2, 0.25) is 5.02 Å². The molecule has 35 heavy (non-hydrogen) atoms. The van der Waals surface area contributed by atoms with E-state index in [-0.39, 0.29) is 18.5 Å². The Morgan fingerprint density at radius 2 is 1.57 bits per heavy atom. The Labute approximate surface area is 214 Å². The number of carbonyl (C=O) groups is 2. The molecule has 0 aliphatic rings. The van der Waals surface area contributed by atoms with E-state index < -0.39 is 28.7 Å². The van der Waals surface area contributed by atoms with E-state index in [2.05, 4.69) is 5.32 Å². The maximum absolute atomic E-state index is 13.7. The highest BCUT2D eigenvalue weighted by Gasteiger charge is 2.33. The standard InChI is InChI=1S/C25H35ClN4O4S/c1-6-19(3)27-25(32)23(7-2)29(17-20-13-15-21(26)16-14-20)24(31)18-30(35(33,34)28(4)5)22-11-9-8-10-12-22/h8-16,19,23H,6-7,17-18H2,1-5H3,(H,27,32)/t19-,23+/m0/s1. The quantitative estimate of drug-likeness (QED) is 0.460. The number of nitrogens with one attached hydrogen (secondary N) is 1. The average Bonchev–Trinajstić information content (AvgIpc) is 2.83. The lowest BCUT2D eigenvalue weighted by atomic mass is 10.1. The lowest BCUT2D eigenvalue weighted by molar-refractivity contribution is -0.140. The fourth-order valence-corrected chi connectivity index (χ4v) is 4.64. The first-order valence-corrected chi connectivity index (χ1v) is 13.4. The van der Waals surface area contributed by atoms with Crippen LogP contribution in [0, 0.1) is 0 Å². The van der Waals surface area contributed by atoms with Crippen molar-refractivity contribution in [3.63, 3.8) is 0 Å². The normalized spacial score (nSPS) is 13.2. The number of hydrogen-bond acceptors (Lipinski definition) is 4. The Hall–Kier alpha value is -2.62. The van der Waals surface area contributed by atoms with E-state index >= 15 is 0 Å². The van der Waals surface area contributed by atoms with Crippen molar-refractivity contribution >= 4 is 39.3 Å². The van der Waals surface area contributed by atoms with E-state index in [1.165, 1.54) is 19.0 Å². The van der Waals surface area contributed by atoms with Crippen molar-refractivity contribution in [2.75, 3.05) is 24.9 Å². The lowest BCUT2D eigenvalue weighted by Crippen LogP contribution is -2.54. The van der Waals surface area contributed by atoms with Crippen LogP contribution in [-0.4, -0.2) is 62.2 Å². The summed E-state index contributed by atoms with van der Waals surface area (Å²) in [6.45, 7) is 5.37. The molecule has 10 heteroatoms. The first-order valence-electron chi connectivity index (χ1n) is 11.6. The van der Waals surface area contributed by atoms with Gasteiger partial charge >= 0.3 is 10.2 Å². The van der Waals surface area contributed by atoms with Crippen LogP contribution in [-0.2, 0) is 26.3 Å². The minimum absolute atomic E-state index is 0.0565. The third kappa shape index (κ3) is 7.68. The van der Waals surface area contributed by atoms with Crippen LogP contribution in [0.25, 0.3) is 0 Å². The van der Waals surface area contributed by atoms with Gasteiger partial charge in [0.2, 0.25) is 11.8 Å². The molecule has 8 nitrogen and oxygen atoms in total. The van der Waals surface area contributed by atoms with Gasteiger partial charge in [0.1, 0.15) is 12.6 Å². The summed E-state index contributed by atoms with van der Waals surface area (Å²) >= 11 is 6.02. The fraction of sp³-hybridized carbons (Fsp3) is 0.440. The van der Waals surface area contributed by atoms with Crippen molar-refractivity contribution < 1.29 is 18.0 Å². The van der Waals surface area contributed by atoms with Gasteiger partial charge in [0.15, 0.2) is 0 Å². The minimum Gasteiger partial charge on any atom is -0.352 e. The summed E-state index contributed by atoms with van der Waals surface area (Å²) in [5.74, 6) is -0.758. The number of nitrogens with zero attached hydrogens (tertiary/aromatic N) is 3. The molecule has 2 aromatic rings. The SMILES string of the molecule is CC[C@H](C(=O)N[C@@H](C)CC)N(Cc1ccc(Cl)cc1)C(=O)CN(c1ccccc1)S(=O)(=O)N(C)C. The molecule has 192 valence electrons. The molecule has 2 aromatic carbocycles. The molecule has 0 aliphatic heterocycles. The Kier molecular flexibility index (Phi) is 10.5. The van der Waals surface area contributed by atoms with Crippen LogP contribution < -0.4 is 9.62 Å². The van der Waals surface area contributed by atoms with Crippen LogP contribution in [0.1, 0.15) is 39.2 Å². The second-order valence-corrected chi connectivity index (χ2v) is 11.0. The van der Waals surface area contributed by atoms with Crippen LogP contribution >= 0.6 is 11.6 Å². The molecule has 0 bridgehead atoms. The van der Waals surface area contributed by atoms with E-state index in [0.717, 1.165) is 20.6 Å². The first-order chi connectivity index (χ1) is 16.5. The van der Waals surface area contributed by atoms with Gasteiger partial charge < -0.3 is 10.2 Å².